The van der Waals surface area contributed by atoms with Crippen molar-refractivity contribution in [2.45, 2.75) is 13.8 Å². The average Bonchev–Trinajstić information content (AvgIpc) is 2.78. The number of aliphatic imine (C=N–C) groups is 1. The Balaban J connectivity index is 2.49. The van der Waals surface area contributed by atoms with Gasteiger partial charge in [0, 0.05) is 18.8 Å². The Labute approximate surface area is 105 Å². The largest absolute Gasteiger partial charge is 0.297 e. The molecule has 2 aromatic rings. The SMILES string of the molecule is C\C=C(/C=C\C=N/C)c1n[nH]c2cnc(C)nc12. The Morgan fingerprint density at radius 2 is 2.28 bits per heavy atom. The molecule has 1 N–H and O–H groups in total. The molecule has 0 aliphatic carbocycles. The highest BCUT2D eigenvalue weighted by atomic mass is 15.1. The first-order valence-electron chi connectivity index (χ1n) is 5.69. The molecule has 2 rings (SSSR count). The number of hydrogen-bond acceptors (Lipinski definition) is 4. The smallest absolute Gasteiger partial charge is 0.126 e. The fraction of sp³-hybridized carbons (Fsp3) is 0.231. The van der Waals surface area contributed by atoms with Crippen LogP contribution in [0, 0.1) is 6.92 Å². The lowest BCUT2D eigenvalue weighted by molar-refractivity contribution is 1.08. The van der Waals surface area contributed by atoms with E-state index >= 15 is 0 Å². The minimum Gasteiger partial charge on any atom is -0.297 e. The van der Waals surface area contributed by atoms with Crippen molar-refractivity contribution in [3.05, 3.63) is 35.9 Å². The van der Waals surface area contributed by atoms with Crippen LogP contribution in [0.25, 0.3) is 16.6 Å². The van der Waals surface area contributed by atoms with Crippen molar-refractivity contribution in [2.24, 2.45) is 4.99 Å². The van der Waals surface area contributed by atoms with Gasteiger partial charge in [-0.1, -0.05) is 12.2 Å². The van der Waals surface area contributed by atoms with Crippen molar-refractivity contribution in [3.63, 3.8) is 0 Å². The van der Waals surface area contributed by atoms with E-state index in [0.717, 1.165) is 28.1 Å². The van der Waals surface area contributed by atoms with Crippen molar-refractivity contribution in [1.29, 1.82) is 0 Å². The molecule has 0 saturated heterocycles. The lowest BCUT2D eigenvalue weighted by atomic mass is 10.1. The normalized spacial score (nSPS) is 13.2. The van der Waals surface area contributed by atoms with Gasteiger partial charge >= 0.3 is 0 Å². The summed E-state index contributed by atoms with van der Waals surface area (Å²) in [5.41, 5.74) is 3.51. The van der Waals surface area contributed by atoms with Crippen LogP contribution in [0.4, 0.5) is 0 Å². The van der Waals surface area contributed by atoms with Gasteiger partial charge in [-0.05, 0) is 19.9 Å². The topological polar surface area (TPSA) is 66.8 Å². The standard InChI is InChI=1S/C13H15N5/c1-4-10(6-5-7-14-3)12-13-11(17-18-12)8-15-9(2)16-13/h4-8H,1-3H3,(H,17,18)/b6-5-,10-4+,14-7-. The number of allylic oxidation sites excluding steroid dienone is 4. The van der Waals surface area contributed by atoms with Gasteiger partial charge in [-0.3, -0.25) is 10.1 Å². The summed E-state index contributed by atoms with van der Waals surface area (Å²) < 4.78 is 0. The first-order chi connectivity index (χ1) is 8.76. The van der Waals surface area contributed by atoms with Crippen LogP contribution in [0.1, 0.15) is 18.4 Å². The lowest BCUT2D eigenvalue weighted by Gasteiger charge is -1.97. The predicted molar refractivity (Wildman–Crippen MR) is 73.6 cm³/mol. The van der Waals surface area contributed by atoms with E-state index < -0.39 is 0 Å². The summed E-state index contributed by atoms with van der Waals surface area (Å²) >= 11 is 0. The molecular formula is C13H15N5. The molecule has 0 saturated carbocycles. The summed E-state index contributed by atoms with van der Waals surface area (Å²) in [6, 6.07) is 0. The lowest BCUT2D eigenvalue weighted by Crippen LogP contribution is -1.89. The van der Waals surface area contributed by atoms with E-state index in [2.05, 4.69) is 25.2 Å². The second-order valence-corrected chi connectivity index (χ2v) is 3.76. The van der Waals surface area contributed by atoms with Crippen molar-refractivity contribution >= 4 is 22.8 Å². The molecular weight excluding hydrogens is 226 g/mol. The Morgan fingerprint density at radius 3 is 3.00 bits per heavy atom. The second-order valence-electron chi connectivity index (χ2n) is 3.76. The third kappa shape index (κ3) is 2.34. The van der Waals surface area contributed by atoms with Gasteiger partial charge in [-0.15, -0.1) is 0 Å². The van der Waals surface area contributed by atoms with Gasteiger partial charge in [-0.2, -0.15) is 5.10 Å². The minimum absolute atomic E-state index is 0.736. The predicted octanol–water partition coefficient (Wildman–Crippen LogP) is 2.32. The fourth-order valence-electron chi connectivity index (χ4n) is 1.65. The molecule has 92 valence electrons. The molecule has 2 heterocycles. The average molecular weight is 241 g/mol. The highest BCUT2D eigenvalue weighted by molar-refractivity contribution is 5.91. The highest BCUT2D eigenvalue weighted by Crippen LogP contribution is 2.21. The van der Waals surface area contributed by atoms with Crippen LogP contribution in [-0.2, 0) is 0 Å². The zero-order valence-corrected chi connectivity index (χ0v) is 10.7. The molecule has 5 heteroatoms. The quantitative estimate of drug-likeness (QED) is 0.662. The number of aryl methyl sites for hydroxylation is 1. The van der Waals surface area contributed by atoms with E-state index in [1.54, 1.807) is 19.5 Å². The molecule has 0 atom stereocenters. The van der Waals surface area contributed by atoms with Crippen LogP contribution < -0.4 is 0 Å². The Morgan fingerprint density at radius 1 is 1.44 bits per heavy atom. The maximum Gasteiger partial charge on any atom is 0.126 e. The van der Waals surface area contributed by atoms with Crippen LogP contribution in [-0.4, -0.2) is 33.4 Å². The molecule has 2 aromatic heterocycles. The van der Waals surface area contributed by atoms with E-state index in [1.165, 1.54) is 0 Å². The molecule has 0 amide bonds. The number of fused-ring (bicyclic) bond motifs is 1. The third-order valence-electron chi connectivity index (χ3n) is 2.52. The maximum absolute atomic E-state index is 4.42. The van der Waals surface area contributed by atoms with Crippen LogP contribution in [0.2, 0.25) is 0 Å². The summed E-state index contributed by atoms with van der Waals surface area (Å²) in [6.45, 7) is 3.84. The Bertz CT molecular complexity index is 634. The molecule has 0 aliphatic heterocycles. The molecule has 0 radical (unpaired) electrons. The molecule has 5 nitrogen and oxygen atoms in total. The number of H-pyrrole nitrogens is 1. The Kier molecular flexibility index (Phi) is 3.62. The number of rotatable bonds is 3. The number of hydrogen-bond donors (Lipinski definition) is 1. The Hall–Kier alpha value is -2.30. The first-order valence-corrected chi connectivity index (χ1v) is 5.69. The molecule has 0 fully saturated rings. The van der Waals surface area contributed by atoms with Crippen LogP contribution in [0.15, 0.2) is 29.4 Å². The number of nitrogens with zero attached hydrogens (tertiary/aromatic N) is 4. The van der Waals surface area contributed by atoms with Gasteiger partial charge in [0.25, 0.3) is 0 Å². The number of aromatic nitrogens is 4. The first kappa shape index (κ1) is 12.2. The summed E-state index contributed by atoms with van der Waals surface area (Å²) in [5, 5.41) is 7.23. The van der Waals surface area contributed by atoms with Crippen molar-refractivity contribution in [3.8, 4) is 0 Å². The van der Waals surface area contributed by atoms with E-state index in [9.17, 15) is 0 Å². The van der Waals surface area contributed by atoms with Gasteiger partial charge < -0.3 is 0 Å². The zero-order chi connectivity index (χ0) is 13.0. The molecule has 0 aromatic carbocycles. The minimum atomic E-state index is 0.736. The van der Waals surface area contributed by atoms with Gasteiger partial charge in [0.1, 0.15) is 22.6 Å². The van der Waals surface area contributed by atoms with Crippen LogP contribution in [0.3, 0.4) is 0 Å². The number of nitrogens with one attached hydrogen (secondary N) is 1. The molecule has 0 spiro atoms. The summed E-state index contributed by atoms with van der Waals surface area (Å²) in [4.78, 5) is 12.5. The van der Waals surface area contributed by atoms with Crippen LogP contribution >= 0.6 is 0 Å². The fourth-order valence-corrected chi connectivity index (χ4v) is 1.65. The molecule has 0 unspecified atom stereocenters. The van der Waals surface area contributed by atoms with Crippen molar-refractivity contribution in [1.82, 2.24) is 20.2 Å². The third-order valence-corrected chi connectivity index (χ3v) is 2.52. The van der Waals surface area contributed by atoms with Gasteiger partial charge in [0.2, 0.25) is 0 Å². The van der Waals surface area contributed by atoms with E-state index in [1.807, 2.05) is 32.1 Å². The van der Waals surface area contributed by atoms with Gasteiger partial charge in [-0.25, -0.2) is 9.97 Å². The summed E-state index contributed by atoms with van der Waals surface area (Å²) in [7, 11) is 1.74. The summed E-state index contributed by atoms with van der Waals surface area (Å²) in [5.74, 6) is 0.736. The van der Waals surface area contributed by atoms with Crippen molar-refractivity contribution < 1.29 is 0 Å². The monoisotopic (exact) mass is 241 g/mol. The second kappa shape index (κ2) is 5.35. The van der Waals surface area contributed by atoms with Crippen LogP contribution in [0.5, 0.6) is 0 Å². The summed E-state index contributed by atoms with van der Waals surface area (Å²) in [6.07, 6.45) is 9.31. The highest BCUT2D eigenvalue weighted by Gasteiger charge is 2.09. The zero-order valence-electron chi connectivity index (χ0n) is 10.7. The van der Waals surface area contributed by atoms with E-state index in [0.29, 0.717) is 0 Å². The van der Waals surface area contributed by atoms with Gasteiger partial charge in [0.15, 0.2) is 0 Å². The molecule has 0 aliphatic rings. The van der Waals surface area contributed by atoms with Gasteiger partial charge in [0.05, 0.1) is 6.20 Å². The number of aromatic amines is 1. The van der Waals surface area contributed by atoms with E-state index in [-0.39, 0.29) is 0 Å². The maximum atomic E-state index is 4.42. The molecule has 0 bridgehead atoms. The van der Waals surface area contributed by atoms with Crippen molar-refractivity contribution in [2.75, 3.05) is 7.05 Å². The van der Waals surface area contributed by atoms with E-state index in [4.69, 9.17) is 0 Å². The molecule has 18 heavy (non-hydrogen) atoms.